The van der Waals surface area contributed by atoms with Gasteiger partial charge in [-0.2, -0.15) is 0 Å². The number of allylic oxidation sites excluding steroid dienone is 1. The third kappa shape index (κ3) is 4.49. The lowest BCUT2D eigenvalue weighted by Crippen LogP contribution is -2.28. The molecule has 0 bridgehead atoms. The van der Waals surface area contributed by atoms with Crippen molar-refractivity contribution in [3.05, 3.63) is 47.3 Å². The standard InChI is InChI=1S/C14H19ClFN/c1-3-4-5-7-11(17-2)10-12-13(15)8-6-9-14(12)16/h3,6,8-9,11,17H,1,4-5,7,10H2,2H3. The minimum atomic E-state index is -0.221. The molecular weight excluding hydrogens is 237 g/mol. The molecule has 0 saturated heterocycles. The van der Waals surface area contributed by atoms with Crippen LogP contribution in [0.2, 0.25) is 5.02 Å². The fourth-order valence-electron chi connectivity index (χ4n) is 1.83. The molecule has 94 valence electrons. The molecule has 1 unspecified atom stereocenters. The quantitative estimate of drug-likeness (QED) is 0.574. The number of likely N-dealkylation sites (N-methyl/N-ethyl adjacent to an activating group) is 1. The molecule has 0 heterocycles. The molecule has 0 radical (unpaired) electrons. The molecule has 0 amide bonds. The molecule has 0 aromatic heterocycles. The Morgan fingerprint density at radius 1 is 1.53 bits per heavy atom. The first-order chi connectivity index (χ1) is 8.19. The van der Waals surface area contributed by atoms with Crippen LogP contribution in [0, 0.1) is 5.82 Å². The van der Waals surface area contributed by atoms with Crippen LogP contribution < -0.4 is 5.32 Å². The van der Waals surface area contributed by atoms with Crippen molar-refractivity contribution in [1.82, 2.24) is 5.32 Å². The summed E-state index contributed by atoms with van der Waals surface area (Å²) in [5, 5.41) is 3.71. The zero-order valence-electron chi connectivity index (χ0n) is 10.2. The molecule has 0 fully saturated rings. The summed E-state index contributed by atoms with van der Waals surface area (Å²) in [7, 11) is 1.90. The summed E-state index contributed by atoms with van der Waals surface area (Å²) in [4.78, 5) is 0. The van der Waals surface area contributed by atoms with Crippen molar-refractivity contribution in [2.45, 2.75) is 31.7 Å². The predicted octanol–water partition coefficient (Wildman–Crippen LogP) is 3.97. The molecule has 17 heavy (non-hydrogen) atoms. The highest BCUT2D eigenvalue weighted by molar-refractivity contribution is 6.31. The van der Waals surface area contributed by atoms with E-state index in [2.05, 4.69) is 11.9 Å². The van der Waals surface area contributed by atoms with Crippen molar-refractivity contribution in [1.29, 1.82) is 0 Å². The van der Waals surface area contributed by atoms with E-state index in [-0.39, 0.29) is 11.9 Å². The van der Waals surface area contributed by atoms with Crippen LogP contribution in [0.4, 0.5) is 4.39 Å². The highest BCUT2D eigenvalue weighted by Crippen LogP contribution is 2.21. The van der Waals surface area contributed by atoms with Crippen LogP contribution in [-0.4, -0.2) is 13.1 Å². The van der Waals surface area contributed by atoms with Crippen LogP contribution in [-0.2, 0) is 6.42 Å². The number of benzene rings is 1. The zero-order chi connectivity index (χ0) is 12.7. The van der Waals surface area contributed by atoms with Crippen LogP contribution in [0.15, 0.2) is 30.9 Å². The summed E-state index contributed by atoms with van der Waals surface area (Å²) in [6, 6.07) is 5.07. The highest BCUT2D eigenvalue weighted by Gasteiger charge is 2.13. The molecule has 1 nitrogen and oxygen atoms in total. The van der Waals surface area contributed by atoms with Crippen molar-refractivity contribution in [3.63, 3.8) is 0 Å². The van der Waals surface area contributed by atoms with Gasteiger partial charge in [-0.15, -0.1) is 6.58 Å². The SMILES string of the molecule is C=CCCCC(Cc1c(F)cccc1Cl)NC. The van der Waals surface area contributed by atoms with Crippen LogP contribution in [0.3, 0.4) is 0 Å². The first-order valence-electron chi connectivity index (χ1n) is 5.90. The van der Waals surface area contributed by atoms with Crippen molar-refractivity contribution >= 4 is 11.6 Å². The second kappa shape index (κ2) is 7.46. The van der Waals surface area contributed by atoms with E-state index in [1.54, 1.807) is 12.1 Å². The number of hydrogen-bond acceptors (Lipinski definition) is 1. The minimum Gasteiger partial charge on any atom is -0.317 e. The largest absolute Gasteiger partial charge is 0.317 e. The van der Waals surface area contributed by atoms with Crippen LogP contribution in [0.25, 0.3) is 0 Å². The maximum Gasteiger partial charge on any atom is 0.127 e. The van der Waals surface area contributed by atoms with Crippen molar-refractivity contribution in [3.8, 4) is 0 Å². The molecular formula is C14H19ClFN. The van der Waals surface area contributed by atoms with Gasteiger partial charge in [0.05, 0.1) is 0 Å². The smallest absolute Gasteiger partial charge is 0.127 e. The van der Waals surface area contributed by atoms with Gasteiger partial charge >= 0.3 is 0 Å². The van der Waals surface area contributed by atoms with Gasteiger partial charge in [0, 0.05) is 16.6 Å². The summed E-state index contributed by atoms with van der Waals surface area (Å²) >= 11 is 6.01. The van der Waals surface area contributed by atoms with Gasteiger partial charge < -0.3 is 5.32 Å². The second-order valence-electron chi connectivity index (χ2n) is 4.11. The molecule has 1 aromatic carbocycles. The van der Waals surface area contributed by atoms with Crippen molar-refractivity contribution < 1.29 is 4.39 Å². The van der Waals surface area contributed by atoms with Crippen molar-refractivity contribution in [2.75, 3.05) is 7.05 Å². The predicted molar refractivity (Wildman–Crippen MR) is 72.0 cm³/mol. The molecule has 0 aliphatic heterocycles. The van der Waals surface area contributed by atoms with Gasteiger partial charge in [0.15, 0.2) is 0 Å². The Bertz CT molecular complexity index is 345. The number of unbranched alkanes of at least 4 members (excludes halogenated alkanes) is 1. The molecule has 3 heteroatoms. The highest BCUT2D eigenvalue weighted by atomic mass is 35.5. The molecule has 0 spiro atoms. The van der Waals surface area contributed by atoms with Crippen LogP contribution in [0.5, 0.6) is 0 Å². The Balaban J connectivity index is 2.63. The molecule has 1 atom stereocenters. The number of halogens is 2. The zero-order valence-corrected chi connectivity index (χ0v) is 10.9. The van der Waals surface area contributed by atoms with Crippen molar-refractivity contribution in [2.24, 2.45) is 0 Å². The Labute approximate surface area is 108 Å². The molecule has 1 rings (SSSR count). The lowest BCUT2D eigenvalue weighted by molar-refractivity contribution is 0.492. The Morgan fingerprint density at radius 3 is 2.88 bits per heavy atom. The third-order valence-corrected chi connectivity index (χ3v) is 3.24. The van der Waals surface area contributed by atoms with Gasteiger partial charge in [-0.3, -0.25) is 0 Å². The van der Waals surface area contributed by atoms with E-state index in [0.29, 0.717) is 17.0 Å². The van der Waals surface area contributed by atoms with E-state index in [1.165, 1.54) is 6.07 Å². The maximum absolute atomic E-state index is 13.6. The van der Waals surface area contributed by atoms with Gasteiger partial charge in [0.25, 0.3) is 0 Å². The fourth-order valence-corrected chi connectivity index (χ4v) is 2.07. The lowest BCUT2D eigenvalue weighted by atomic mass is 10.0. The van der Waals surface area contributed by atoms with E-state index in [1.807, 2.05) is 13.1 Å². The topological polar surface area (TPSA) is 12.0 Å². The number of nitrogens with one attached hydrogen (secondary N) is 1. The first kappa shape index (κ1) is 14.2. The van der Waals surface area contributed by atoms with Gasteiger partial charge in [0.1, 0.15) is 5.82 Å². The second-order valence-corrected chi connectivity index (χ2v) is 4.52. The molecule has 0 aliphatic carbocycles. The monoisotopic (exact) mass is 255 g/mol. The van der Waals surface area contributed by atoms with Crippen LogP contribution >= 0.6 is 11.6 Å². The number of hydrogen-bond donors (Lipinski definition) is 1. The van der Waals surface area contributed by atoms with Gasteiger partial charge in [-0.05, 0) is 44.9 Å². The average molecular weight is 256 g/mol. The van der Waals surface area contributed by atoms with E-state index >= 15 is 0 Å². The van der Waals surface area contributed by atoms with Gasteiger partial charge in [0.2, 0.25) is 0 Å². The Kier molecular flexibility index (Phi) is 6.23. The number of rotatable bonds is 7. The van der Waals surface area contributed by atoms with E-state index in [0.717, 1.165) is 19.3 Å². The lowest BCUT2D eigenvalue weighted by Gasteiger charge is -2.17. The van der Waals surface area contributed by atoms with Gasteiger partial charge in [-0.1, -0.05) is 23.7 Å². The fraction of sp³-hybridized carbons (Fsp3) is 0.429. The minimum absolute atomic E-state index is 0.221. The van der Waals surface area contributed by atoms with E-state index in [4.69, 9.17) is 11.6 Å². The first-order valence-corrected chi connectivity index (χ1v) is 6.28. The normalized spacial score (nSPS) is 12.4. The summed E-state index contributed by atoms with van der Waals surface area (Å²) in [6.45, 7) is 3.69. The van der Waals surface area contributed by atoms with Gasteiger partial charge in [-0.25, -0.2) is 4.39 Å². The Hall–Kier alpha value is -0.860. The molecule has 1 aromatic rings. The van der Waals surface area contributed by atoms with E-state index in [9.17, 15) is 4.39 Å². The molecule has 1 N–H and O–H groups in total. The molecule has 0 saturated carbocycles. The summed E-state index contributed by atoms with van der Waals surface area (Å²) in [6.07, 6.45) is 5.57. The average Bonchev–Trinajstić information content (AvgIpc) is 2.32. The summed E-state index contributed by atoms with van der Waals surface area (Å²) in [5.41, 5.74) is 0.604. The summed E-state index contributed by atoms with van der Waals surface area (Å²) < 4.78 is 13.6. The maximum atomic E-state index is 13.6. The summed E-state index contributed by atoms with van der Waals surface area (Å²) in [5.74, 6) is -0.221. The third-order valence-electron chi connectivity index (χ3n) is 2.88. The van der Waals surface area contributed by atoms with Crippen LogP contribution in [0.1, 0.15) is 24.8 Å². The molecule has 0 aliphatic rings. The van der Waals surface area contributed by atoms with E-state index < -0.39 is 0 Å². The Morgan fingerprint density at radius 2 is 2.29 bits per heavy atom.